The molecule has 0 saturated carbocycles. The largest absolute Gasteiger partial charge is 0.368 e. The number of nitrogens with two attached hydrogens (primary N) is 1. The van der Waals surface area contributed by atoms with Crippen LogP contribution in [0.4, 0.5) is 0 Å². The van der Waals surface area contributed by atoms with E-state index < -0.39 is 5.60 Å². The highest BCUT2D eigenvalue weighted by Crippen LogP contribution is 2.23. The van der Waals surface area contributed by atoms with Crippen LogP contribution >= 0.6 is 0 Å². The molecule has 2 N–H and O–H groups in total. The Morgan fingerprint density at radius 2 is 2.12 bits per heavy atom. The molecule has 5 nitrogen and oxygen atoms in total. The second-order valence-corrected chi connectivity index (χ2v) is 4.65. The van der Waals surface area contributed by atoms with Gasteiger partial charge < -0.3 is 15.0 Å². The molecule has 0 aromatic carbocycles. The standard InChI is InChI=1S/C12H23N3O2/c1-5-7-8-9(13)10-14-11(15-17-10)12(3,4)16-6-2/h9H,5-8,13H2,1-4H3/t9-/m0/s1. The van der Waals surface area contributed by atoms with Gasteiger partial charge in [-0.2, -0.15) is 4.98 Å². The van der Waals surface area contributed by atoms with Crippen LogP contribution < -0.4 is 5.73 Å². The average molecular weight is 241 g/mol. The fourth-order valence-electron chi connectivity index (χ4n) is 1.60. The van der Waals surface area contributed by atoms with E-state index in [-0.39, 0.29) is 6.04 Å². The molecule has 0 fully saturated rings. The van der Waals surface area contributed by atoms with Crippen molar-refractivity contribution in [2.45, 2.75) is 58.6 Å². The highest BCUT2D eigenvalue weighted by Gasteiger charge is 2.28. The molecule has 1 aromatic rings. The van der Waals surface area contributed by atoms with Crippen LogP contribution in [0.1, 0.15) is 64.7 Å². The summed E-state index contributed by atoms with van der Waals surface area (Å²) in [7, 11) is 0. The van der Waals surface area contributed by atoms with Crippen LogP contribution in [-0.2, 0) is 10.3 Å². The van der Waals surface area contributed by atoms with Crippen molar-refractivity contribution in [1.82, 2.24) is 10.1 Å². The van der Waals surface area contributed by atoms with Gasteiger partial charge in [-0.15, -0.1) is 0 Å². The molecule has 5 heteroatoms. The van der Waals surface area contributed by atoms with E-state index in [0.29, 0.717) is 18.3 Å². The van der Waals surface area contributed by atoms with Gasteiger partial charge in [-0.05, 0) is 27.2 Å². The Labute approximate surface area is 103 Å². The third-order valence-electron chi connectivity index (χ3n) is 2.67. The summed E-state index contributed by atoms with van der Waals surface area (Å²) in [5.74, 6) is 1.06. The molecule has 98 valence electrons. The maximum Gasteiger partial charge on any atom is 0.243 e. The number of unbranched alkanes of at least 4 members (excludes halogenated alkanes) is 1. The zero-order valence-corrected chi connectivity index (χ0v) is 11.2. The molecule has 0 spiro atoms. The number of hydrogen-bond acceptors (Lipinski definition) is 5. The van der Waals surface area contributed by atoms with Gasteiger partial charge in [-0.3, -0.25) is 0 Å². The van der Waals surface area contributed by atoms with Crippen molar-refractivity contribution >= 4 is 0 Å². The van der Waals surface area contributed by atoms with E-state index in [1.165, 1.54) is 0 Å². The summed E-state index contributed by atoms with van der Waals surface area (Å²) in [5, 5.41) is 3.94. The lowest BCUT2D eigenvalue weighted by Gasteiger charge is -2.19. The predicted molar refractivity (Wildman–Crippen MR) is 65.4 cm³/mol. The predicted octanol–water partition coefficient (Wildman–Crippen LogP) is 2.53. The molecule has 0 bridgehead atoms. The van der Waals surface area contributed by atoms with E-state index in [2.05, 4.69) is 17.1 Å². The molecule has 0 aliphatic heterocycles. The molecule has 1 aromatic heterocycles. The third-order valence-corrected chi connectivity index (χ3v) is 2.67. The molecule has 0 amide bonds. The van der Waals surface area contributed by atoms with Crippen LogP contribution in [0.25, 0.3) is 0 Å². The first kappa shape index (κ1) is 14.1. The molecule has 1 atom stereocenters. The first-order chi connectivity index (χ1) is 8.01. The van der Waals surface area contributed by atoms with Gasteiger partial charge in [0.2, 0.25) is 11.7 Å². The SMILES string of the molecule is CCCC[C@H](N)c1nc(C(C)(C)OCC)no1. The zero-order chi connectivity index (χ0) is 12.9. The number of nitrogens with zero attached hydrogens (tertiary/aromatic N) is 2. The summed E-state index contributed by atoms with van der Waals surface area (Å²) in [5.41, 5.74) is 5.45. The van der Waals surface area contributed by atoms with Crippen LogP contribution in [0.3, 0.4) is 0 Å². The number of ether oxygens (including phenoxy) is 1. The van der Waals surface area contributed by atoms with Crippen molar-refractivity contribution in [2.75, 3.05) is 6.61 Å². The van der Waals surface area contributed by atoms with Gasteiger partial charge >= 0.3 is 0 Å². The lowest BCUT2D eigenvalue weighted by atomic mass is 10.1. The Hall–Kier alpha value is -0.940. The fraction of sp³-hybridized carbons (Fsp3) is 0.833. The van der Waals surface area contributed by atoms with Crippen molar-refractivity contribution in [2.24, 2.45) is 5.73 Å². The minimum absolute atomic E-state index is 0.173. The fourth-order valence-corrected chi connectivity index (χ4v) is 1.60. The number of rotatable bonds is 7. The van der Waals surface area contributed by atoms with Crippen LogP contribution in [0.2, 0.25) is 0 Å². The van der Waals surface area contributed by atoms with E-state index in [1.807, 2.05) is 20.8 Å². The van der Waals surface area contributed by atoms with E-state index >= 15 is 0 Å². The lowest BCUT2D eigenvalue weighted by molar-refractivity contribution is -0.0221. The molecule has 0 saturated heterocycles. The summed E-state index contributed by atoms with van der Waals surface area (Å²) >= 11 is 0. The lowest BCUT2D eigenvalue weighted by Crippen LogP contribution is -2.23. The average Bonchev–Trinajstić information content (AvgIpc) is 2.75. The zero-order valence-electron chi connectivity index (χ0n) is 11.2. The molecule has 17 heavy (non-hydrogen) atoms. The van der Waals surface area contributed by atoms with Gasteiger partial charge in [0, 0.05) is 6.61 Å². The molecule has 1 rings (SSSR count). The maximum absolute atomic E-state index is 5.97. The minimum atomic E-state index is -0.527. The second kappa shape index (κ2) is 6.12. The van der Waals surface area contributed by atoms with Crippen LogP contribution in [0, 0.1) is 0 Å². The molecule has 1 heterocycles. The molecular weight excluding hydrogens is 218 g/mol. The summed E-state index contributed by atoms with van der Waals surface area (Å²) in [6.45, 7) is 8.52. The summed E-state index contributed by atoms with van der Waals surface area (Å²) < 4.78 is 10.8. The summed E-state index contributed by atoms with van der Waals surface area (Å²) in [6.07, 6.45) is 3.04. The van der Waals surface area contributed by atoms with Crippen LogP contribution in [-0.4, -0.2) is 16.7 Å². The van der Waals surface area contributed by atoms with Crippen molar-refractivity contribution in [3.8, 4) is 0 Å². The van der Waals surface area contributed by atoms with Crippen molar-refractivity contribution < 1.29 is 9.26 Å². The molecular formula is C12H23N3O2. The normalized spacial score (nSPS) is 13.9. The Kier molecular flexibility index (Phi) is 5.08. The summed E-state index contributed by atoms with van der Waals surface area (Å²) in [4.78, 5) is 4.33. The topological polar surface area (TPSA) is 74.2 Å². The van der Waals surface area contributed by atoms with Crippen molar-refractivity contribution in [3.05, 3.63) is 11.7 Å². The third kappa shape index (κ3) is 3.78. The molecule has 0 radical (unpaired) electrons. The quantitative estimate of drug-likeness (QED) is 0.794. The maximum atomic E-state index is 5.97. The first-order valence-corrected chi connectivity index (χ1v) is 6.24. The van der Waals surface area contributed by atoms with E-state index in [0.717, 1.165) is 19.3 Å². The highest BCUT2D eigenvalue weighted by atomic mass is 16.5. The summed E-state index contributed by atoms with van der Waals surface area (Å²) in [6, 6.07) is -0.173. The van der Waals surface area contributed by atoms with Gasteiger partial charge in [0.05, 0.1) is 6.04 Å². The first-order valence-electron chi connectivity index (χ1n) is 6.24. The van der Waals surface area contributed by atoms with Crippen LogP contribution in [0.5, 0.6) is 0 Å². The van der Waals surface area contributed by atoms with E-state index in [9.17, 15) is 0 Å². The number of aromatic nitrogens is 2. The van der Waals surface area contributed by atoms with E-state index in [1.54, 1.807) is 0 Å². The van der Waals surface area contributed by atoms with Gasteiger partial charge in [0.1, 0.15) is 5.60 Å². The van der Waals surface area contributed by atoms with Crippen LogP contribution in [0.15, 0.2) is 4.52 Å². The van der Waals surface area contributed by atoms with Gasteiger partial charge in [0.25, 0.3) is 0 Å². The smallest absolute Gasteiger partial charge is 0.243 e. The molecule has 0 aliphatic carbocycles. The van der Waals surface area contributed by atoms with Gasteiger partial charge in [-0.25, -0.2) is 0 Å². The monoisotopic (exact) mass is 241 g/mol. The highest BCUT2D eigenvalue weighted by molar-refractivity contribution is 4.99. The molecule has 0 unspecified atom stereocenters. The Morgan fingerprint density at radius 1 is 1.41 bits per heavy atom. The van der Waals surface area contributed by atoms with Crippen molar-refractivity contribution in [1.29, 1.82) is 0 Å². The molecule has 0 aliphatic rings. The Morgan fingerprint density at radius 3 is 2.71 bits per heavy atom. The van der Waals surface area contributed by atoms with Crippen molar-refractivity contribution in [3.63, 3.8) is 0 Å². The Balaban J connectivity index is 2.70. The van der Waals surface area contributed by atoms with Gasteiger partial charge in [0.15, 0.2) is 0 Å². The van der Waals surface area contributed by atoms with Gasteiger partial charge in [-0.1, -0.05) is 24.9 Å². The second-order valence-electron chi connectivity index (χ2n) is 4.65. The Bertz CT molecular complexity index is 336. The number of hydrogen-bond donors (Lipinski definition) is 1. The minimum Gasteiger partial charge on any atom is -0.368 e. The van der Waals surface area contributed by atoms with E-state index in [4.69, 9.17) is 15.0 Å².